The summed E-state index contributed by atoms with van der Waals surface area (Å²) in [5.41, 5.74) is 0. The molecule has 0 radical (unpaired) electrons. The van der Waals surface area contributed by atoms with Crippen molar-refractivity contribution in [3.63, 3.8) is 0 Å². The van der Waals surface area contributed by atoms with E-state index in [1.54, 1.807) is 6.92 Å². The van der Waals surface area contributed by atoms with Crippen LogP contribution in [0.3, 0.4) is 0 Å². The SMILES string of the molecule is CCOC(=O)C=CC=S. The molecule has 0 bridgehead atoms. The Labute approximate surface area is 59.5 Å². The molecule has 0 saturated heterocycles. The molecule has 0 aromatic heterocycles. The maximum atomic E-state index is 10.4. The lowest BCUT2D eigenvalue weighted by Gasteiger charge is -1.91. The number of hydrogen-bond donors (Lipinski definition) is 0. The molecule has 0 aromatic rings. The predicted octanol–water partition coefficient (Wildman–Crippen LogP) is 1.11. The van der Waals surface area contributed by atoms with Gasteiger partial charge in [-0.1, -0.05) is 12.2 Å². The smallest absolute Gasteiger partial charge is 0.330 e. The van der Waals surface area contributed by atoms with E-state index in [0.717, 1.165) is 0 Å². The molecule has 0 aromatic carbocycles. The van der Waals surface area contributed by atoms with E-state index in [-0.39, 0.29) is 5.97 Å². The van der Waals surface area contributed by atoms with E-state index in [0.29, 0.717) is 6.61 Å². The Bertz CT molecular complexity index is 129. The normalized spacial score (nSPS) is 9.44. The highest BCUT2D eigenvalue weighted by Crippen LogP contribution is 1.78. The second kappa shape index (κ2) is 5.44. The second-order valence-corrected chi connectivity index (χ2v) is 1.52. The Morgan fingerprint density at radius 2 is 2.44 bits per heavy atom. The first-order valence-corrected chi connectivity index (χ1v) is 3.07. The minimum absolute atomic E-state index is 0.349. The Morgan fingerprint density at radius 1 is 1.78 bits per heavy atom. The second-order valence-electron chi connectivity index (χ2n) is 1.25. The first kappa shape index (κ1) is 8.30. The lowest BCUT2D eigenvalue weighted by atomic mass is 10.5. The molecule has 0 aliphatic carbocycles. The Balaban J connectivity index is 3.49. The lowest BCUT2D eigenvalue weighted by Crippen LogP contribution is -1.98. The number of carbonyl (C=O) groups is 1. The van der Waals surface area contributed by atoms with Crippen molar-refractivity contribution >= 4 is 23.6 Å². The minimum atomic E-state index is -0.349. The van der Waals surface area contributed by atoms with Gasteiger partial charge in [0, 0.05) is 11.4 Å². The summed E-state index contributed by atoms with van der Waals surface area (Å²) in [6, 6.07) is 0. The summed E-state index contributed by atoms with van der Waals surface area (Å²) in [6.07, 6.45) is 2.75. The van der Waals surface area contributed by atoms with Crippen LogP contribution in [0.25, 0.3) is 0 Å². The van der Waals surface area contributed by atoms with Crippen molar-refractivity contribution in [1.29, 1.82) is 0 Å². The number of allylic oxidation sites excluding steroid dienone is 1. The molecule has 0 heterocycles. The maximum Gasteiger partial charge on any atom is 0.330 e. The monoisotopic (exact) mass is 144 g/mol. The van der Waals surface area contributed by atoms with Gasteiger partial charge in [0.15, 0.2) is 0 Å². The van der Waals surface area contributed by atoms with Crippen LogP contribution in [0.5, 0.6) is 0 Å². The van der Waals surface area contributed by atoms with E-state index >= 15 is 0 Å². The summed E-state index contributed by atoms with van der Waals surface area (Å²) >= 11 is 4.43. The molecule has 0 amide bonds. The quantitative estimate of drug-likeness (QED) is 0.337. The van der Waals surface area contributed by atoms with Crippen LogP contribution in [-0.2, 0) is 9.53 Å². The van der Waals surface area contributed by atoms with Crippen LogP contribution in [0, 0.1) is 0 Å². The van der Waals surface area contributed by atoms with Gasteiger partial charge in [-0.05, 0) is 13.0 Å². The Morgan fingerprint density at radius 3 is 2.89 bits per heavy atom. The predicted molar refractivity (Wildman–Crippen MR) is 39.4 cm³/mol. The van der Waals surface area contributed by atoms with Crippen molar-refractivity contribution < 1.29 is 9.53 Å². The number of carbonyl (C=O) groups excluding carboxylic acids is 1. The molecule has 0 unspecified atom stereocenters. The van der Waals surface area contributed by atoms with Crippen LogP contribution in [0.4, 0.5) is 0 Å². The molecular weight excluding hydrogens is 136 g/mol. The van der Waals surface area contributed by atoms with Crippen molar-refractivity contribution in [2.75, 3.05) is 6.61 Å². The van der Waals surface area contributed by atoms with Crippen molar-refractivity contribution in [3.8, 4) is 0 Å². The first-order chi connectivity index (χ1) is 4.31. The molecule has 0 atom stereocenters. The maximum absolute atomic E-state index is 10.4. The third kappa shape index (κ3) is 5.17. The van der Waals surface area contributed by atoms with E-state index in [9.17, 15) is 4.79 Å². The zero-order valence-electron chi connectivity index (χ0n) is 5.16. The average Bonchev–Trinajstić information content (AvgIpc) is 1.85. The van der Waals surface area contributed by atoms with Gasteiger partial charge in [-0.15, -0.1) is 0 Å². The van der Waals surface area contributed by atoms with Crippen molar-refractivity contribution in [2.45, 2.75) is 6.92 Å². The number of esters is 1. The van der Waals surface area contributed by atoms with Crippen LogP contribution >= 0.6 is 12.2 Å². The van der Waals surface area contributed by atoms with Gasteiger partial charge in [0.2, 0.25) is 0 Å². The molecular formula is C6H8O2S. The van der Waals surface area contributed by atoms with Gasteiger partial charge < -0.3 is 4.74 Å². The summed E-state index contributed by atoms with van der Waals surface area (Å²) in [7, 11) is 0. The van der Waals surface area contributed by atoms with Crippen LogP contribution in [0.15, 0.2) is 12.2 Å². The molecule has 0 saturated carbocycles. The Kier molecular flexibility index (Phi) is 5.01. The van der Waals surface area contributed by atoms with Crippen LogP contribution < -0.4 is 0 Å². The van der Waals surface area contributed by atoms with Crippen molar-refractivity contribution in [1.82, 2.24) is 0 Å². The van der Waals surface area contributed by atoms with E-state index in [4.69, 9.17) is 0 Å². The highest BCUT2D eigenvalue weighted by atomic mass is 32.1. The van der Waals surface area contributed by atoms with Crippen molar-refractivity contribution in [3.05, 3.63) is 12.2 Å². The molecule has 0 aliphatic rings. The molecule has 0 fully saturated rings. The Hall–Kier alpha value is -0.700. The lowest BCUT2D eigenvalue weighted by molar-refractivity contribution is -0.137. The fourth-order valence-electron chi connectivity index (χ4n) is 0.308. The molecule has 2 nitrogen and oxygen atoms in total. The number of thiocarbonyl (C=S) groups is 1. The van der Waals surface area contributed by atoms with Gasteiger partial charge in [0.05, 0.1) is 6.61 Å². The summed E-state index contributed by atoms with van der Waals surface area (Å²) in [5, 5.41) is 1.36. The average molecular weight is 144 g/mol. The summed E-state index contributed by atoms with van der Waals surface area (Å²) in [6.45, 7) is 2.16. The molecule has 0 N–H and O–H groups in total. The van der Waals surface area contributed by atoms with Gasteiger partial charge in [0.1, 0.15) is 0 Å². The van der Waals surface area contributed by atoms with E-state index in [1.165, 1.54) is 17.5 Å². The molecule has 3 heteroatoms. The summed E-state index contributed by atoms with van der Waals surface area (Å²) < 4.78 is 4.55. The zero-order chi connectivity index (χ0) is 7.11. The van der Waals surface area contributed by atoms with Gasteiger partial charge >= 0.3 is 5.97 Å². The fraction of sp³-hybridized carbons (Fsp3) is 0.333. The van der Waals surface area contributed by atoms with Crippen molar-refractivity contribution in [2.24, 2.45) is 0 Å². The number of rotatable bonds is 3. The largest absolute Gasteiger partial charge is 0.463 e. The van der Waals surface area contributed by atoms with Gasteiger partial charge in [-0.25, -0.2) is 4.79 Å². The highest BCUT2D eigenvalue weighted by Gasteiger charge is 1.89. The number of hydrogen-bond acceptors (Lipinski definition) is 3. The number of ether oxygens (including phenoxy) is 1. The van der Waals surface area contributed by atoms with E-state index in [1.807, 2.05) is 0 Å². The van der Waals surface area contributed by atoms with Gasteiger partial charge in [0.25, 0.3) is 0 Å². The molecule has 0 spiro atoms. The third-order valence-corrected chi connectivity index (χ3v) is 0.755. The highest BCUT2D eigenvalue weighted by molar-refractivity contribution is 7.79. The summed E-state index contributed by atoms with van der Waals surface area (Å²) in [5.74, 6) is -0.349. The van der Waals surface area contributed by atoms with Gasteiger partial charge in [-0.2, -0.15) is 0 Å². The fourth-order valence-corrected chi connectivity index (χ4v) is 0.387. The van der Waals surface area contributed by atoms with Crippen LogP contribution in [0.1, 0.15) is 6.92 Å². The van der Waals surface area contributed by atoms with Crippen LogP contribution in [-0.4, -0.2) is 17.9 Å². The molecule has 50 valence electrons. The third-order valence-electron chi connectivity index (χ3n) is 0.597. The van der Waals surface area contributed by atoms with E-state index in [2.05, 4.69) is 17.0 Å². The zero-order valence-corrected chi connectivity index (χ0v) is 5.98. The summed E-state index contributed by atoms with van der Waals surface area (Å²) in [4.78, 5) is 10.4. The minimum Gasteiger partial charge on any atom is -0.463 e. The van der Waals surface area contributed by atoms with Gasteiger partial charge in [-0.3, -0.25) is 0 Å². The van der Waals surface area contributed by atoms with E-state index < -0.39 is 0 Å². The van der Waals surface area contributed by atoms with Crippen LogP contribution in [0.2, 0.25) is 0 Å². The molecule has 9 heavy (non-hydrogen) atoms. The molecule has 0 aliphatic heterocycles. The topological polar surface area (TPSA) is 26.3 Å². The standard InChI is InChI=1S/C6H8O2S/c1-2-8-6(7)4-3-5-9/h3-5H,2H2,1H3. The molecule has 0 rings (SSSR count). The first-order valence-electron chi connectivity index (χ1n) is 2.60.